The van der Waals surface area contributed by atoms with Crippen LogP contribution in [0.15, 0.2) is 24.3 Å². The summed E-state index contributed by atoms with van der Waals surface area (Å²) in [6.07, 6.45) is 0.341. The second kappa shape index (κ2) is 8.46. The number of carbonyl (C=O) groups is 2. The molecule has 1 aliphatic heterocycles. The van der Waals surface area contributed by atoms with Crippen molar-refractivity contribution in [1.29, 1.82) is 0 Å². The summed E-state index contributed by atoms with van der Waals surface area (Å²) in [6.45, 7) is 5.56. The Hall–Kier alpha value is -2.52. The van der Waals surface area contributed by atoms with Crippen LogP contribution in [-0.4, -0.2) is 52.8 Å². The maximum atomic E-state index is 12.7. The molecule has 4 N–H and O–H groups in total. The quantitative estimate of drug-likeness (QED) is 0.380. The van der Waals surface area contributed by atoms with Crippen molar-refractivity contribution in [3.05, 3.63) is 39.9 Å². The average molecular weight is 407 g/mol. The molecule has 1 aromatic rings. The van der Waals surface area contributed by atoms with Gasteiger partial charge in [0.1, 0.15) is 0 Å². The highest BCUT2D eigenvalue weighted by Crippen LogP contribution is 2.58. The Morgan fingerprint density at radius 1 is 1.21 bits per heavy atom. The smallest absolute Gasteiger partial charge is 0.311 e. The first kappa shape index (κ1) is 22.8. The molecule has 9 nitrogen and oxygen atoms in total. The molecular formula is C20H29N3O6. The molecule has 160 valence electrons. The van der Waals surface area contributed by atoms with E-state index in [1.165, 1.54) is 18.2 Å². The van der Waals surface area contributed by atoms with Crippen LogP contribution in [0.1, 0.15) is 45.1 Å². The zero-order chi connectivity index (χ0) is 22.0. The van der Waals surface area contributed by atoms with E-state index in [1.807, 2.05) is 0 Å². The number of carboxylic acids is 2. The Morgan fingerprint density at radius 3 is 2.28 bits per heavy atom. The lowest BCUT2D eigenvalue weighted by Gasteiger charge is -2.57. The van der Waals surface area contributed by atoms with E-state index in [0.717, 1.165) is 0 Å². The Bertz CT molecular complexity index is 800. The van der Waals surface area contributed by atoms with Crippen LogP contribution < -0.4 is 10.6 Å². The van der Waals surface area contributed by atoms with E-state index in [9.17, 15) is 29.9 Å². The standard InChI is InChI=1S/C20H29N3O6/c1-5-19(17(24)25)12(2)22-13(3)20(18(26)27,9-10-21-4)16(19)14-7-6-8-15(11-14)23(28)29/h6-8,11-13,16,21-22H,5,9-10H2,1-4H3,(H,24,25)(H,26,27). The number of aliphatic carboxylic acids is 2. The third-order valence-electron chi connectivity index (χ3n) is 6.66. The van der Waals surface area contributed by atoms with E-state index in [4.69, 9.17) is 0 Å². The lowest BCUT2D eigenvalue weighted by atomic mass is 9.50. The van der Waals surface area contributed by atoms with Crippen molar-refractivity contribution < 1.29 is 24.7 Å². The fourth-order valence-electron chi connectivity index (χ4n) is 5.12. The first-order valence-electron chi connectivity index (χ1n) is 9.71. The number of nitrogens with zero attached hydrogens (tertiary/aromatic N) is 1. The first-order chi connectivity index (χ1) is 13.6. The van der Waals surface area contributed by atoms with E-state index in [0.29, 0.717) is 12.1 Å². The number of carboxylic acid groups (broad SMARTS) is 2. The number of nitro groups is 1. The highest BCUT2D eigenvalue weighted by Gasteiger charge is 2.66. The minimum Gasteiger partial charge on any atom is -0.481 e. The molecule has 0 spiro atoms. The normalized spacial score (nSPS) is 31.9. The summed E-state index contributed by atoms with van der Waals surface area (Å²) in [4.78, 5) is 36.2. The highest BCUT2D eigenvalue weighted by molar-refractivity contribution is 5.84. The van der Waals surface area contributed by atoms with Crippen LogP contribution in [0.3, 0.4) is 0 Å². The van der Waals surface area contributed by atoms with Gasteiger partial charge in [-0.25, -0.2) is 0 Å². The van der Waals surface area contributed by atoms with Crippen LogP contribution >= 0.6 is 0 Å². The summed E-state index contributed by atoms with van der Waals surface area (Å²) in [5.74, 6) is -3.19. The highest BCUT2D eigenvalue weighted by atomic mass is 16.6. The number of non-ortho nitro benzene ring substituents is 1. The van der Waals surface area contributed by atoms with Gasteiger partial charge in [0, 0.05) is 30.1 Å². The Balaban J connectivity index is 2.89. The van der Waals surface area contributed by atoms with E-state index in [1.54, 1.807) is 33.9 Å². The van der Waals surface area contributed by atoms with Gasteiger partial charge in [-0.15, -0.1) is 0 Å². The molecule has 1 aromatic carbocycles. The molecule has 2 rings (SSSR count). The van der Waals surface area contributed by atoms with Crippen LogP contribution in [-0.2, 0) is 9.59 Å². The third-order valence-corrected chi connectivity index (χ3v) is 6.66. The molecular weight excluding hydrogens is 378 g/mol. The van der Waals surface area contributed by atoms with Crippen LogP contribution in [0.2, 0.25) is 0 Å². The van der Waals surface area contributed by atoms with Crippen LogP contribution in [0.5, 0.6) is 0 Å². The van der Waals surface area contributed by atoms with Crippen molar-refractivity contribution in [2.75, 3.05) is 13.6 Å². The first-order valence-corrected chi connectivity index (χ1v) is 9.71. The summed E-state index contributed by atoms with van der Waals surface area (Å²) in [7, 11) is 1.70. The minimum atomic E-state index is -1.47. The number of nitro benzene ring substituents is 1. The summed E-state index contributed by atoms with van der Waals surface area (Å²) in [5, 5.41) is 38.2. The van der Waals surface area contributed by atoms with Gasteiger partial charge in [0.15, 0.2) is 0 Å². The maximum Gasteiger partial charge on any atom is 0.311 e. The van der Waals surface area contributed by atoms with Crippen molar-refractivity contribution in [2.45, 2.75) is 51.6 Å². The largest absolute Gasteiger partial charge is 0.481 e. The second-order valence-corrected chi connectivity index (χ2v) is 7.79. The van der Waals surface area contributed by atoms with Gasteiger partial charge >= 0.3 is 11.9 Å². The maximum absolute atomic E-state index is 12.7. The summed E-state index contributed by atoms with van der Waals surface area (Å²) < 4.78 is 0. The zero-order valence-electron chi connectivity index (χ0n) is 17.1. The summed E-state index contributed by atoms with van der Waals surface area (Å²) >= 11 is 0. The van der Waals surface area contributed by atoms with E-state index >= 15 is 0 Å². The van der Waals surface area contributed by atoms with Gasteiger partial charge in [0.2, 0.25) is 0 Å². The van der Waals surface area contributed by atoms with Gasteiger partial charge < -0.3 is 20.8 Å². The third kappa shape index (κ3) is 3.49. The molecule has 1 aliphatic rings. The number of hydrogen-bond acceptors (Lipinski definition) is 6. The van der Waals surface area contributed by atoms with Gasteiger partial charge in [0.25, 0.3) is 5.69 Å². The lowest BCUT2D eigenvalue weighted by molar-refractivity contribution is -0.385. The van der Waals surface area contributed by atoms with Crippen molar-refractivity contribution in [3.63, 3.8) is 0 Å². The topological polar surface area (TPSA) is 142 Å². The van der Waals surface area contributed by atoms with Gasteiger partial charge in [-0.3, -0.25) is 19.7 Å². The molecule has 5 atom stereocenters. The molecule has 0 saturated carbocycles. The van der Waals surface area contributed by atoms with Crippen LogP contribution in [0.25, 0.3) is 0 Å². The number of piperidine rings is 1. The lowest BCUT2D eigenvalue weighted by Crippen LogP contribution is -2.69. The molecule has 0 aromatic heterocycles. The predicted molar refractivity (Wildman–Crippen MR) is 107 cm³/mol. The SMILES string of the molecule is CCC1(C(=O)O)C(C)NC(C)C(CCNC)(C(=O)O)C1c1cccc([N+](=O)[O-])c1. The molecule has 1 saturated heterocycles. The fraction of sp³-hybridized carbons (Fsp3) is 0.600. The predicted octanol–water partition coefficient (Wildman–Crippen LogP) is 2.22. The molecule has 1 heterocycles. The average Bonchev–Trinajstić information content (AvgIpc) is 2.66. The zero-order valence-corrected chi connectivity index (χ0v) is 17.1. The van der Waals surface area contributed by atoms with Gasteiger partial charge in [0.05, 0.1) is 15.8 Å². The van der Waals surface area contributed by atoms with Crippen molar-refractivity contribution in [1.82, 2.24) is 10.6 Å². The molecule has 9 heteroatoms. The molecule has 0 aliphatic carbocycles. The molecule has 0 amide bonds. The molecule has 29 heavy (non-hydrogen) atoms. The van der Waals surface area contributed by atoms with Crippen LogP contribution in [0.4, 0.5) is 5.69 Å². The number of hydrogen-bond donors (Lipinski definition) is 4. The van der Waals surface area contributed by atoms with Crippen LogP contribution in [0, 0.1) is 20.9 Å². The van der Waals surface area contributed by atoms with E-state index in [-0.39, 0.29) is 18.5 Å². The monoisotopic (exact) mass is 407 g/mol. The number of rotatable bonds is 8. The Morgan fingerprint density at radius 2 is 1.79 bits per heavy atom. The van der Waals surface area contributed by atoms with Gasteiger partial charge in [-0.05, 0) is 45.8 Å². The van der Waals surface area contributed by atoms with Gasteiger partial charge in [-0.2, -0.15) is 0 Å². The molecule has 5 unspecified atom stereocenters. The number of nitrogens with one attached hydrogen (secondary N) is 2. The molecule has 0 bridgehead atoms. The minimum absolute atomic E-state index is 0.169. The van der Waals surface area contributed by atoms with Crippen molar-refractivity contribution >= 4 is 17.6 Å². The molecule has 1 fully saturated rings. The molecule has 0 radical (unpaired) electrons. The summed E-state index contributed by atoms with van der Waals surface area (Å²) in [5.41, 5.74) is -2.75. The Labute approximate surface area is 169 Å². The fourth-order valence-corrected chi connectivity index (χ4v) is 5.12. The van der Waals surface area contributed by atoms with E-state index in [2.05, 4.69) is 10.6 Å². The second-order valence-electron chi connectivity index (χ2n) is 7.79. The van der Waals surface area contributed by atoms with E-state index < -0.39 is 45.7 Å². The van der Waals surface area contributed by atoms with Gasteiger partial charge in [-0.1, -0.05) is 19.1 Å². The van der Waals surface area contributed by atoms with Crippen molar-refractivity contribution in [2.24, 2.45) is 10.8 Å². The van der Waals surface area contributed by atoms with Crippen molar-refractivity contribution in [3.8, 4) is 0 Å². The number of benzene rings is 1. The summed E-state index contributed by atoms with van der Waals surface area (Å²) in [6, 6.07) is 4.64. The Kier molecular flexibility index (Phi) is 6.64.